The van der Waals surface area contributed by atoms with Gasteiger partial charge >= 0.3 is 0 Å². The SMILES string of the molecule is C=C(C)CC1N=CC2=C(c3ccccc3C2=O)N1N. The standard InChI is InChI=1S/C15H15N3O/c1-9(2)7-13-17-8-12-14(18(13)16)10-5-3-4-6-11(10)15(12)19/h3-6,8,13H,1,7,16H2,2H3. The molecule has 3 rings (SSSR count). The maximum atomic E-state index is 12.3. The molecule has 1 unspecified atom stereocenters. The average Bonchev–Trinajstić information content (AvgIpc) is 2.67. The second-order valence-corrected chi connectivity index (χ2v) is 4.96. The lowest BCUT2D eigenvalue weighted by Crippen LogP contribution is -2.41. The lowest BCUT2D eigenvalue weighted by molar-refractivity contribution is 0.104. The molecule has 4 nitrogen and oxygen atoms in total. The van der Waals surface area contributed by atoms with E-state index in [0.717, 1.165) is 16.8 Å². The summed E-state index contributed by atoms with van der Waals surface area (Å²) in [5.74, 6) is 6.16. The number of fused-ring (bicyclic) bond motifs is 2. The summed E-state index contributed by atoms with van der Waals surface area (Å²) >= 11 is 0. The topological polar surface area (TPSA) is 58.7 Å². The normalized spacial score (nSPS) is 20.6. The Kier molecular flexibility index (Phi) is 2.61. The van der Waals surface area contributed by atoms with Crippen LogP contribution < -0.4 is 5.84 Å². The van der Waals surface area contributed by atoms with Gasteiger partial charge < -0.3 is 0 Å². The Labute approximate surface area is 111 Å². The molecular weight excluding hydrogens is 238 g/mol. The first-order valence-electron chi connectivity index (χ1n) is 6.19. The summed E-state index contributed by atoms with van der Waals surface area (Å²) in [5, 5.41) is 1.59. The summed E-state index contributed by atoms with van der Waals surface area (Å²) in [7, 11) is 0. The van der Waals surface area contributed by atoms with E-state index in [0.29, 0.717) is 17.6 Å². The van der Waals surface area contributed by atoms with Crippen molar-refractivity contribution < 1.29 is 4.79 Å². The highest BCUT2D eigenvalue weighted by Gasteiger charge is 2.35. The van der Waals surface area contributed by atoms with Gasteiger partial charge in [0, 0.05) is 23.8 Å². The number of allylic oxidation sites excluding steroid dienone is 1. The molecule has 19 heavy (non-hydrogen) atoms. The highest BCUT2D eigenvalue weighted by Crippen LogP contribution is 2.36. The van der Waals surface area contributed by atoms with Crippen molar-refractivity contribution >= 4 is 17.7 Å². The zero-order chi connectivity index (χ0) is 13.6. The van der Waals surface area contributed by atoms with Crippen LogP contribution in [0.3, 0.4) is 0 Å². The molecule has 2 aliphatic rings. The number of hydrogen-bond acceptors (Lipinski definition) is 4. The van der Waals surface area contributed by atoms with E-state index in [2.05, 4.69) is 11.6 Å². The van der Waals surface area contributed by atoms with Crippen molar-refractivity contribution in [2.45, 2.75) is 19.5 Å². The molecule has 0 saturated carbocycles. The van der Waals surface area contributed by atoms with Gasteiger partial charge in [-0.3, -0.25) is 14.8 Å². The average molecular weight is 253 g/mol. The zero-order valence-corrected chi connectivity index (χ0v) is 10.8. The second-order valence-electron chi connectivity index (χ2n) is 4.96. The summed E-state index contributed by atoms with van der Waals surface area (Å²) in [6.45, 7) is 5.83. The smallest absolute Gasteiger partial charge is 0.197 e. The lowest BCUT2D eigenvalue weighted by Gasteiger charge is -2.30. The van der Waals surface area contributed by atoms with E-state index >= 15 is 0 Å². The largest absolute Gasteiger partial charge is 0.288 e. The van der Waals surface area contributed by atoms with E-state index in [9.17, 15) is 4.79 Å². The number of rotatable bonds is 2. The molecule has 1 atom stereocenters. The van der Waals surface area contributed by atoms with Crippen molar-refractivity contribution in [2.75, 3.05) is 0 Å². The molecule has 0 radical (unpaired) electrons. The van der Waals surface area contributed by atoms with Crippen LogP contribution in [-0.4, -0.2) is 23.2 Å². The number of carbonyl (C=O) groups excluding carboxylic acids is 1. The third kappa shape index (κ3) is 1.72. The van der Waals surface area contributed by atoms with Crippen LogP contribution in [0.5, 0.6) is 0 Å². The molecule has 1 aromatic rings. The van der Waals surface area contributed by atoms with Crippen molar-refractivity contribution in [3.8, 4) is 0 Å². The number of benzene rings is 1. The van der Waals surface area contributed by atoms with Crippen LogP contribution in [0.1, 0.15) is 29.3 Å². The van der Waals surface area contributed by atoms with Gasteiger partial charge in [-0.2, -0.15) is 0 Å². The molecule has 1 aliphatic carbocycles. The van der Waals surface area contributed by atoms with Crippen LogP contribution in [0.25, 0.3) is 5.70 Å². The van der Waals surface area contributed by atoms with Gasteiger partial charge in [-0.15, -0.1) is 0 Å². The summed E-state index contributed by atoms with van der Waals surface area (Å²) in [6, 6.07) is 7.52. The minimum Gasteiger partial charge on any atom is -0.288 e. The molecule has 2 N–H and O–H groups in total. The van der Waals surface area contributed by atoms with E-state index in [4.69, 9.17) is 5.84 Å². The highest BCUT2D eigenvalue weighted by molar-refractivity contribution is 6.31. The molecule has 0 amide bonds. The molecule has 0 fully saturated rings. The predicted octanol–water partition coefficient (Wildman–Crippen LogP) is 2.15. The fraction of sp³-hybridized carbons (Fsp3) is 0.200. The van der Waals surface area contributed by atoms with Crippen LogP contribution in [-0.2, 0) is 0 Å². The Morgan fingerprint density at radius 1 is 1.42 bits per heavy atom. The van der Waals surface area contributed by atoms with Crippen LogP contribution in [0, 0.1) is 0 Å². The van der Waals surface area contributed by atoms with Gasteiger partial charge in [-0.1, -0.05) is 36.4 Å². The third-order valence-corrected chi connectivity index (χ3v) is 3.41. The van der Waals surface area contributed by atoms with Gasteiger partial charge in [0.05, 0.1) is 11.3 Å². The number of nitrogens with zero attached hydrogens (tertiary/aromatic N) is 2. The van der Waals surface area contributed by atoms with Crippen molar-refractivity contribution in [1.82, 2.24) is 5.01 Å². The Bertz CT molecular complexity index is 643. The van der Waals surface area contributed by atoms with Crippen LogP contribution in [0.2, 0.25) is 0 Å². The van der Waals surface area contributed by atoms with Crippen LogP contribution in [0.4, 0.5) is 0 Å². The molecule has 0 spiro atoms. The quantitative estimate of drug-likeness (QED) is 0.649. The predicted molar refractivity (Wildman–Crippen MR) is 75.4 cm³/mol. The molecule has 96 valence electrons. The van der Waals surface area contributed by atoms with Gasteiger partial charge in [0.1, 0.15) is 6.17 Å². The number of hydrogen-bond donors (Lipinski definition) is 1. The third-order valence-electron chi connectivity index (χ3n) is 3.41. The Balaban J connectivity index is 2.06. The maximum absolute atomic E-state index is 12.3. The van der Waals surface area contributed by atoms with E-state index in [1.54, 1.807) is 11.2 Å². The first kappa shape index (κ1) is 11.9. The van der Waals surface area contributed by atoms with Gasteiger partial charge in [-0.25, -0.2) is 5.84 Å². The minimum atomic E-state index is -0.185. The number of aliphatic imine (C=N–C) groups is 1. The van der Waals surface area contributed by atoms with Gasteiger partial charge in [0.15, 0.2) is 5.78 Å². The fourth-order valence-electron chi connectivity index (χ4n) is 2.53. The van der Waals surface area contributed by atoms with Crippen LogP contribution >= 0.6 is 0 Å². The molecule has 4 heteroatoms. The zero-order valence-electron chi connectivity index (χ0n) is 10.8. The van der Waals surface area contributed by atoms with Crippen LogP contribution in [0.15, 0.2) is 47.0 Å². The van der Waals surface area contributed by atoms with Gasteiger partial charge in [-0.05, 0) is 6.92 Å². The summed E-state index contributed by atoms with van der Waals surface area (Å²) in [5.41, 5.74) is 3.97. The molecule has 1 heterocycles. The Hall–Kier alpha value is -2.20. The first-order chi connectivity index (χ1) is 9.09. The number of carbonyl (C=O) groups is 1. The Morgan fingerprint density at radius 2 is 2.11 bits per heavy atom. The second kappa shape index (κ2) is 4.17. The van der Waals surface area contributed by atoms with Crippen molar-refractivity contribution in [1.29, 1.82) is 0 Å². The Morgan fingerprint density at radius 3 is 2.79 bits per heavy atom. The molecule has 1 aromatic carbocycles. The van der Waals surface area contributed by atoms with E-state index in [1.165, 1.54) is 0 Å². The van der Waals surface area contributed by atoms with E-state index in [-0.39, 0.29) is 11.9 Å². The number of ketones is 1. The fourth-order valence-corrected chi connectivity index (χ4v) is 2.53. The highest BCUT2D eigenvalue weighted by atomic mass is 16.1. The summed E-state index contributed by atoms with van der Waals surface area (Å²) in [6.07, 6.45) is 2.14. The number of Topliss-reactive ketones (excluding diaryl/α,β-unsaturated/α-hetero) is 1. The molecule has 1 aliphatic heterocycles. The van der Waals surface area contributed by atoms with Crippen molar-refractivity contribution in [2.24, 2.45) is 10.8 Å². The molecule has 0 bridgehead atoms. The van der Waals surface area contributed by atoms with Crippen molar-refractivity contribution in [3.63, 3.8) is 0 Å². The maximum Gasteiger partial charge on any atom is 0.197 e. The number of nitrogens with two attached hydrogens (primary N) is 1. The minimum absolute atomic E-state index is 0.00132. The summed E-state index contributed by atoms with van der Waals surface area (Å²) < 4.78 is 0. The molecular formula is C15H15N3O. The monoisotopic (exact) mass is 253 g/mol. The molecule has 0 aromatic heterocycles. The molecule has 0 saturated heterocycles. The van der Waals surface area contributed by atoms with Crippen molar-refractivity contribution in [3.05, 3.63) is 53.1 Å². The summed E-state index contributed by atoms with van der Waals surface area (Å²) in [4.78, 5) is 16.6. The van der Waals surface area contributed by atoms with Gasteiger partial charge in [0.25, 0.3) is 0 Å². The lowest BCUT2D eigenvalue weighted by atomic mass is 10.1. The number of hydrazine groups is 1. The van der Waals surface area contributed by atoms with E-state index < -0.39 is 0 Å². The van der Waals surface area contributed by atoms with Gasteiger partial charge in [0.2, 0.25) is 0 Å². The van der Waals surface area contributed by atoms with E-state index in [1.807, 2.05) is 31.2 Å². The first-order valence-corrected chi connectivity index (χ1v) is 6.19.